The van der Waals surface area contributed by atoms with Gasteiger partial charge in [0.15, 0.2) is 0 Å². The second kappa shape index (κ2) is 7.70. The minimum Gasteiger partial charge on any atom is -0.495 e. The van der Waals surface area contributed by atoms with Crippen molar-refractivity contribution in [3.05, 3.63) is 17.2 Å². The van der Waals surface area contributed by atoms with Gasteiger partial charge >= 0.3 is 0 Å². The van der Waals surface area contributed by atoms with E-state index in [1.165, 1.54) is 13.5 Å². The molecule has 0 aromatic heterocycles. The van der Waals surface area contributed by atoms with Crippen LogP contribution in [-0.2, 0) is 4.79 Å². The smallest absolute Gasteiger partial charge is 0.238 e. The van der Waals surface area contributed by atoms with E-state index in [0.717, 1.165) is 19.5 Å². The number of carbonyl (C=O) groups is 1. The van der Waals surface area contributed by atoms with Gasteiger partial charge in [-0.15, -0.1) is 0 Å². The summed E-state index contributed by atoms with van der Waals surface area (Å²) in [6, 6.07) is 3.32. The highest BCUT2D eigenvalue weighted by molar-refractivity contribution is 6.32. The Morgan fingerprint density at radius 1 is 1.36 bits per heavy atom. The zero-order chi connectivity index (χ0) is 16.1. The number of benzene rings is 1. The van der Waals surface area contributed by atoms with Crippen molar-refractivity contribution >= 4 is 23.2 Å². The molecular weight excluding hydrogens is 304 g/mol. The predicted molar refractivity (Wildman–Crippen MR) is 88.0 cm³/mol. The highest BCUT2D eigenvalue weighted by Gasteiger charge is 2.19. The van der Waals surface area contributed by atoms with E-state index in [2.05, 4.69) is 17.1 Å². The molecule has 1 aromatic rings. The average Bonchev–Trinajstić information content (AvgIpc) is 2.47. The Morgan fingerprint density at radius 2 is 2.09 bits per heavy atom. The van der Waals surface area contributed by atoms with Gasteiger partial charge in [-0.1, -0.05) is 18.5 Å². The van der Waals surface area contributed by atoms with Crippen molar-refractivity contribution in [2.24, 2.45) is 5.92 Å². The number of nitrogens with one attached hydrogen (secondary N) is 1. The lowest BCUT2D eigenvalue weighted by atomic mass is 10.0. The number of nitrogens with zero attached hydrogens (tertiary/aromatic N) is 1. The van der Waals surface area contributed by atoms with Gasteiger partial charge in [0.1, 0.15) is 11.5 Å². The normalized spacial score (nSPS) is 18.8. The van der Waals surface area contributed by atoms with Crippen molar-refractivity contribution in [1.29, 1.82) is 0 Å². The number of carbonyl (C=O) groups excluding carboxylic acids is 1. The van der Waals surface area contributed by atoms with Gasteiger partial charge in [-0.05, 0) is 31.4 Å². The average molecular weight is 327 g/mol. The number of anilines is 1. The van der Waals surface area contributed by atoms with Crippen molar-refractivity contribution in [2.75, 3.05) is 39.2 Å². The monoisotopic (exact) mass is 326 g/mol. The molecule has 2 rings (SSSR count). The molecule has 1 atom stereocenters. The molecule has 5 nitrogen and oxygen atoms in total. The molecule has 1 aliphatic rings. The summed E-state index contributed by atoms with van der Waals surface area (Å²) in [5.41, 5.74) is 0.559. The molecule has 122 valence electrons. The molecule has 0 bridgehead atoms. The second-order valence-corrected chi connectivity index (χ2v) is 6.12. The van der Waals surface area contributed by atoms with E-state index in [4.69, 9.17) is 21.1 Å². The van der Waals surface area contributed by atoms with E-state index < -0.39 is 0 Å². The van der Waals surface area contributed by atoms with Gasteiger partial charge in [0.05, 0.1) is 31.5 Å². The number of amides is 1. The summed E-state index contributed by atoms with van der Waals surface area (Å²) < 4.78 is 10.4. The molecule has 6 heteroatoms. The molecule has 0 radical (unpaired) electrons. The largest absolute Gasteiger partial charge is 0.495 e. The van der Waals surface area contributed by atoms with Gasteiger partial charge < -0.3 is 14.8 Å². The highest BCUT2D eigenvalue weighted by atomic mass is 35.5. The van der Waals surface area contributed by atoms with Gasteiger partial charge in [-0.3, -0.25) is 9.69 Å². The van der Waals surface area contributed by atoms with Crippen LogP contribution in [0.1, 0.15) is 19.8 Å². The van der Waals surface area contributed by atoms with E-state index in [-0.39, 0.29) is 5.91 Å². The van der Waals surface area contributed by atoms with Crippen LogP contribution in [0.15, 0.2) is 12.1 Å². The summed E-state index contributed by atoms with van der Waals surface area (Å²) in [6.45, 7) is 4.54. The minimum absolute atomic E-state index is 0.0615. The zero-order valence-electron chi connectivity index (χ0n) is 13.3. The van der Waals surface area contributed by atoms with Crippen molar-refractivity contribution < 1.29 is 14.3 Å². The maximum atomic E-state index is 12.2. The Hall–Kier alpha value is -1.46. The SMILES string of the molecule is COc1cc(OC)c(NC(=O)CN2CCCC(C)C2)cc1Cl. The van der Waals surface area contributed by atoms with E-state index in [9.17, 15) is 4.79 Å². The highest BCUT2D eigenvalue weighted by Crippen LogP contribution is 2.35. The van der Waals surface area contributed by atoms with Crippen molar-refractivity contribution in [3.63, 3.8) is 0 Å². The zero-order valence-corrected chi connectivity index (χ0v) is 14.1. The Labute approximate surface area is 136 Å². The fourth-order valence-electron chi connectivity index (χ4n) is 2.78. The molecule has 1 N–H and O–H groups in total. The number of hydrogen-bond donors (Lipinski definition) is 1. The first-order valence-corrected chi connectivity index (χ1v) is 7.85. The molecule has 1 amide bonds. The number of likely N-dealkylation sites (tertiary alicyclic amines) is 1. The van der Waals surface area contributed by atoms with Gasteiger partial charge in [0, 0.05) is 12.6 Å². The van der Waals surface area contributed by atoms with Gasteiger partial charge in [0.25, 0.3) is 0 Å². The third-order valence-electron chi connectivity index (χ3n) is 3.86. The van der Waals surface area contributed by atoms with Crippen molar-refractivity contribution in [3.8, 4) is 11.5 Å². The molecular formula is C16H23ClN2O3. The molecule has 1 aromatic carbocycles. The summed E-state index contributed by atoms with van der Waals surface area (Å²) in [5, 5.41) is 3.31. The van der Waals surface area contributed by atoms with Crippen molar-refractivity contribution in [2.45, 2.75) is 19.8 Å². The molecule has 0 aliphatic carbocycles. The Morgan fingerprint density at radius 3 is 2.73 bits per heavy atom. The number of rotatable bonds is 5. The van der Waals surface area contributed by atoms with Crippen LogP contribution in [0.5, 0.6) is 11.5 Å². The fraction of sp³-hybridized carbons (Fsp3) is 0.562. The molecule has 1 heterocycles. The Bertz CT molecular complexity index is 536. The molecule has 1 unspecified atom stereocenters. The summed E-state index contributed by atoms with van der Waals surface area (Å²) in [5.74, 6) is 1.63. The van der Waals surface area contributed by atoms with Crippen LogP contribution in [0, 0.1) is 5.92 Å². The van der Waals surface area contributed by atoms with Crippen LogP contribution in [-0.4, -0.2) is 44.7 Å². The fourth-order valence-corrected chi connectivity index (χ4v) is 3.02. The summed E-state index contributed by atoms with van der Waals surface area (Å²) in [7, 11) is 3.08. The molecule has 0 saturated carbocycles. The predicted octanol–water partition coefficient (Wildman–Crippen LogP) is 3.03. The summed E-state index contributed by atoms with van der Waals surface area (Å²) in [6.07, 6.45) is 2.38. The first kappa shape index (κ1) is 16.9. The molecule has 22 heavy (non-hydrogen) atoms. The van der Waals surface area contributed by atoms with Crippen molar-refractivity contribution in [1.82, 2.24) is 4.90 Å². The van der Waals surface area contributed by atoms with E-state index in [0.29, 0.717) is 34.7 Å². The van der Waals surface area contributed by atoms with Crippen LogP contribution in [0.3, 0.4) is 0 Å². The number of hydrogen-bond acceptors (Lipinski definition) is 4. The first-order valence-electron chi connectivity index (χ1n) is 7.47. The molecule has 1 saturated heterocycles. The third kappa shape index (κ3) is 4.27. The second-order valence-electron chi connectivity index (χ2n) is 5.72. The minimum atomic E-state index is -0.0615. The number of piperidine rings is 1. The lowest BCUT2D eigenvalue weighted by Crippen LogP contribution is -2.39. The maximum Gasteiger partial charge on any atom is 0.238 e. The van der Waals surface area contributed by atoms with E-state index in [1.807, 2.05) is 0 Å². The topological polar surface area (TPSA) is 50.8 Å². The molecule has 1 aliphatic heterocycles. The van der Waals surface area contributed by atoms with Gasteiger partial charge in [0.2, 0.25) is 5.91 Å². The number of halogens is 1. The third-order valence-corrected chi connectivity index (χ3v) is 4.15. The Balaban J connectivity index is 2.03. The summed E-state index contributed by atoms with van der Waals surface area (Å²) >= 11 is 6.11. The van der Waals surface area contributed by atoms with Gasteiger partial charge in [-0.2, -0.15) is 0 Å². The molecule has 0 spiro atoms. The van der Waals surface area contributed by atoms with Crippen LogP contribution < -0.4 is 14.8 Å². The first-order chi connectivity index (χ1) is 10.5. The summed E-state index contributed by atoms with van der Waals surface area (Å²) in [4.78, 5) is 14.4. The van der Waals surface area contributed by atoms with Crippen LogP contribution in [0.2, 0.25) is 5.02 Å². The van der Waals surface area contributed by atoms with Crippen LogP contribution in [0.25, 0.3) is 0 Å². The van der Waals surface area contributed by atoms with Crippen LogP contribution in [0.4, 0.5) is 5.69 Å². The van der Waals surface area contributed by atoms with E-state index in [1.54, 1.807) is 19.2 Å². The lowest BCUT2D eigenvalue weighted by Gasteiger charge is -2.30. The number of ether oxygens (including phenoxy) is 2. The van der Waals surface area contributed by atoms with Gasteiger partial charge in [-0.25, -0.2) is 0 Å². The number of methoxy groups -OCH3 is 2. The quantitative estimate of drug-likeness (QED) is 0.903. The Kier molecular flexibility index (Phi) is 5.91. The van der Waals surface area contributed by atoms with E-state index >= 15 is 0 Å². The standard InChI is InChI=1S/C16H23ClN2O3/c1-11-5-4-6-19(9-11)10-16(20)18-13-7-12(17)14(21-2)8-15(13)22-3/h7-8,11H,4-6,9-10H2,1-3H3,(H,18,20). The van der Waals surface area contributed by atoms with Crippen LogP contribution >= 0.6 is 11.6 Å². The lowest BCUT2D eigenvalue weighted by molar-refractivity contribution is -0.117. The molecule has 1 fully saturated rings. The maximum absolute atomic E-state index is 12.2.